The molecule has 2 nitrogen and oxygen atoms in total. The molecule has 98 valence electrons. The van der Waals surface area contributed by atoms with Crippen molar-refractivity contribution in [3.05, 3.63) is 59.7 Å². The van der Waals surface area contributed by atoms with Gasteiger partial charge < -0.3 is 5.32 Å². The highest BCUT2D eigenvalue weighted by atomic mass is 16.1. The van der Waals surface area contributed by atoms with Crippen LogP contribution in [0.5, 0.6) is 0 Å². The molecule has 2 heteroatoms. The maximum Gasteiger partial charge on any atom is 0.251 e. The predicted molar refractivity (Wildman–Crippen MR) is 79.3 cm³/mol. The van der Waals surface area contributed by atoms with Gasteiger partial charge in [-0.15, -0.1) is 0 Å². The third-order valence-corrected chi connectivity index (χ3v) is 3.18. The van der Waals surface area contributed by atoms with Crippen LogP contribution in [0.3, 0.4) is 0 Å². The zero-order valence-corrected chi connectivity index (χ0v) is 11.4. The lowest BCUT2D eigenvalue weighted by atomic mass is 10.0. The van der Waals surface area contributed by atoms with Gasteiger partial charge in [-0.05, 0) is 35.2 Å². The molecule has 0 aromatic heterocycles. The first-order chi connectivity index (χ1) is 9.24. The number of rotatable bonds is 4. The van der Waals surface area contributed by atoms with Gasteiger partial charge >= 0.3 is 0 Å². The van der Waals surface area contributed by atoms with Crippen molar-refractivity contribution in [2.45, 2.75) is 19.8 Å². The van der Waals surface area contributed by atoms with Crippen LogP contribution >= 0.6 is 0 Å². The normalized spacial score (nSPS) is 10.2. The SMILES string of the molecule is CCCc1ccc(-c2cccc(C(=O)NC)c2)cc1. The molecule has 19 heavy (non-hydrogen) atoms. The third kappa shape index (κ3) is 3.22. The predicted octanol–water partition coefficient (Wildman–Crippen LogP) is 3.67. The van der Waals surface area contributed by atoms with Gasteiger partial charge in [0.15, 0.2) is 0 Å². The Morgan fingerprint density at radius 1 is 1.05 bits per heavy atom. The third-order valence-electron chi connectivity index (χ3n) is 3.18. The van der Waals surface area contributed by atoms with Crippen LogP contribution in [-0.2, 0) is 6.42 Å². The Balaban J connectivity index is 2.28. The van der Waals surface area contributed by atoms with Crippen molar-refractivity contribution >= 4 is 5.91 Å². The second-order valence-corrected chi connectivity index (χ2v) is 4.61. The van der Waals surface area contributed by atoms with Crippen molar-refractivity contribution in [3.63, 3.8) is 0 Å². The standard InChI is InChI=1S/C17H19NO/c1-3-5-13-8-10-14(11-9-13)15-6-4-7-16(12-15)17(19)18-2/h4,6-12H,3,5H2,1-2H3,(H,18,19). The second-order valence-electron chi connectivity index (χ2n) is 4.61. The highest BCUT2D eigenvalue weighted by Gasteiger charge is 2.04. The number of benzene rings is 2. The van der Waals surface area contributed by atoms with Crippen molar-refractivity contribution in [1.82, 2.24) is 5.32 Å². The first kappa shape index (κ1) is 13.3. The lowest BCUT2D eigenvalue weighted by Crippen LogP contribution is -2.17. The molecule has 2 aromatic rings. The number of amides is 1. The average molecular weight is 253 g/mol. The molecule has 0 atom stereocenters. The zero-order chi connectivity index (χ0) is 13.7. The summed E-state index contributed by atoms with van der Waals surface area (Å²) in [5.41, 5.74) is 4.26. The number of hydrogen-bond donors (Lipinski definition) is 1. The van der Waals surface area contributed by atoms with Crippen LogP contribution in [0, 0.1) is 0 Å². The molecule has 1 N–H and O–H groups in total. The molecule has 0 unspecified atom stereocenters. The molecule has 0 saturated heterocycles. The lowest BCUT2D eigenvalue weighted by molar-refractivity contribution is 0.0963. The van der Waals surface area contributed by atoms with E-state index in [1.807, 2.05) is 24.3 Å². The summed E-state index contributed by atoms with van der Waals surface area (Å²) in [6.45, 7) is 2.18. The lowest BCUT2D eigenvalue weighted by Gasteiger charge is -2.06. The van der Waals surface area contributed by atoms with E-state index in [4.69, 9.17) is 0 Å². The Labute approximate surface area is 114 Å². The number of carbonyl (C=O) groups is 1. The number of aryl methyl sites for hydroxylation is 1. The summed E-state index contributed by atoms with van der Waals surface area (Å²) in [4.78, 5) is 11.6. The van der Waals surface area contributed by atoms with Crippen molar-refractivity contribution in [3.8, 4) is 11.1 Å². The highest BCUT2D eigenvalue weighted by molar-refractivity contribution is 5.95. The van der Waals surface area contributed by atoms with Gasteiger partial charge in [-0.3, -0.25) is 4.79 Å². The van der Waals surface area contributed by atoms with Gasteiger partial charge in [-0.25, -0.2) is 0 Å². The molecule has 0 spiro atoms. The topological polar surface area (TPSA) is 29.1 Å². The zero-order valence-electron chi connectivity index (χ0n) is 11.4. The fourth-order valence-corrected chi connectivity index (χ4v) is 2.14. The van der Waals surface area contributed by atoms with E-state index in [-0.39, 0.29) is 5.91 Å². The summed E-state index contributed by atoms with van der Waals surface area (Å²) in [6.07, 6.45) is 2.27. The van der Waals surface area contributed by atoms with Crippen LogP contribution in [0.25, 0.3) is 11.1 Å². The van der Waals surface area contributed by atoms with Crippen LogP contribution < -0.4 is 5.32 Å². The van der Waals surface area contributed by atoms with E-state index in [2.05, 4.69) is 36.5 Å². The Bertz CT molecular complexity index is 558. The summed E-state index contributed by atoms with van der Waals surface area (Å²) in [5, 5.41) is 2.65. The molecule has 2 aromatic carbocycles. The quantitative estimate of drug-likeness (QED) is 0.885. The molecule has 0 aliphatic rings. The monoisotopic (exact) mass is 253 g/mol. The van der Waals surface area contributed by atoms with Crippen molar-refractivity contribution in [2.24, 2.45) is 0 Å². The van der Waals surface area contributed by atoms with E-state index in [1.54, 1.807) is 7.05 Å². The Kier molecular flexibility index (Phi) is 4.35. The van der Waals surface area contributed by atoms with Crippen LogP contribution in [0.2, 0.25) is 0 Å². The molecule has 0 fully saturated rings. The Hall–Kier alpha value is -2.09. The summed E-state index contributed by atoms with van der Waals surface area (Å²) in [6, 6.07) is 16.3. The maximum absolute atomic E-state index is 11.6. The minimum atomic E-state index is -0.0514. The first-order valence-electron chi connectivity index (χ1n) is 6.66. The summed E-state index contributed by atoms with van der Waals surface area (Å²) < 4.78 is 0. The Morgan fingerprint density at radius 3 is 2.42 bits per heavy atom. The largest absolute Gasteiger partial charge is 0.355 e. The van der Waals surface area contributed by atoms with Crippen LogP contribution in [0.15, 0.2) is 48.5 Å². The molecule has 1 amide bonds. The fourth-order valence-electron chi connectivity index (χ4n) is 2.14. The van der Waals surface area contributed by atoms with Crippen molar-refractivity contribution < 1.29 is 4.79 Å². The molecular formula is C17H19NO. The van der Waals surface area contributed by atoms with E-state index < -0.39 is 0 Å². The molecule has 0 bridgehead atoms. The van der Waals surface area contributed by atoms with Crippen LogP contribution in [0.4, 0.5) is 0 Å². The van der Waals surface area contributed by atoms with E-state index >= 15 is 0 Å². The van der Waals surface area contributed by atoms with E-state index in [0.717, 1.165) is 24.0 Å². The van der Waals surface area contributed by atoms with Gasteiger partial charge in [-0.2, -0.15) is 0 Å². The smallest absolute Gasteiger partial charge is 0.251 e. The molecule has 0 aliphatic carbocycles. The van der Waals surface area contributed by atoms with E-state index in [1.165, 1.54) is 5.56 Å². The number of hydrogen-bond acceptors (Lipinski definition) is 1. The summed E-state index contributed by atoms with van der Waals surface area (Å²) >= 11 is 0. The average Bonchev–Trinajstić information content (AvgIpc) is 2.48. The molecule has 2 rings (SSSR count). The van der Waals surface area contributed by atoms with Gasteiger partial charge in [0.25, 0.3) is 5.91 Å². The van der Waals surface area contributed by atoms with Gasteiger partial charge in [-0.1, -0.05) is 49.7 Å². The van der Waals surface area contributed by atoms with E-state index in [0.29, 0.717) is 5.56 Å². The number of nitrogens with one attached hydrogen (secondary N) is 1. The van der Waals surface area contributed by atoms with Gasteiger partial charge in [0.05, 0.1) is 0 Å². The Morgan fingerprint density at radius 2 is 1.79 bits per heavy atom. The van der Waals surface area contributed by atoms with Crippen molar-refractivity contribution in [2.75, 3.05) is 7.05 Å². The first-order valence-corrected chi connectivity index (χ1v) is 6.66. The van der Waals surface area contributed by atoms with Gasteiger partial charge in [0.2, 0.25) is 0 Å². The maximum atomic E-state index is 11.6. The van der Waals surface area contributed by atoms with E-state index in [9.17, 15) is 4.79 Å². The molecule has 0 saturated carbocycles. The van der Waals surface area contributed by atoms with Crippen LogP contribution in [-0.4, -0.2) is 13.0 Å². The minimum absolute atomic E-state index is 0.0514. The molecule has 0 aliphatic heterocycles. The van der Waals surface area contributed by atoms with Gasteiger partial charge in [0.1, 0.15) is 0 Å². The highest BCUT2D eigenvalue weighted by Crippen LogP contribution is 2.21. The molecule has 0 radical (unpaired) electrons. The molecule has 0 heterocycles. The summed E-state index contributed by atoms with van der Waals surface area (Å²) in [5.74, 6) is -0.0514. The summed E-state index contributed by atoms with van der Waals surface area (Å²) in [7, 11) is 1.65. The van der Waals surface area contributed by atoms with Gasteiger partial charge in [0, 0.05) is 12.6 Å². The van der Waals surface area contributed by atoms with Crippen LogP contribution in [0.1, 0.15) is 29.3 Å². The number of carbonyl (C=O) groups excluding carboxylic acids is 1. The van der Waals surface area contributed by atoms with Crippen molar-refractivity contribution in [1.29, 1.82) is 0 Å². The molecular weight excluding hydrogens is 234 g/mol. The minimum Gasteiger partial charge on any atom is -0.355 e. The fraction of sp³-hybridized carbons (Fsp3) is 0.235. The second kappa shape index (κ2) is 6.19.